The lowest BCUT2D eigenvalue weighted by atomic mass is 9.96. The molecule has 0 spiro atoms. The fourth-order valence-electron chi connectivity index (χ4n) is 1.49. The minimum absolute atomic E-state index is 0.0482. The predicted molar refractivity (Wildman–Crippen MR) is 55.1 cm³/mol. The summed E-state index contributed by atoms with van der Waals surface area (Å²) in [6.07, 6.45) is 1.02. The van der Waals surface area contributed by atoms with Crippen molar-refractivity contribution >= 4 is 0 Å². The van der Waals surface area contributed by atoms with E-state index in [0.717, 1.165) is 37.1 Å². The van der Waals surface area contributed by atoms with Gasteiger partial charge in [0.1, 0.15) is 5.82 Å². The van der Waals surface area contributed by atoms with Gasteiger partial charge in [-0.25, -0.2) is 4.98 Å². The molecule has 0 unspecified atom stereocenters. The van der Waals surface area contributed by atoms with Crippen molar-refractivity contribution in [2.75, 3.05) is 13.1 Å². The van der Waals surface area contributed by atoms with E-state index in [1.54, 1.807) is 0 Å². The maximum Gasteiger partial charge on any atom is 0.155 e. The normalized spacial score (nSPS) is 18.2. The van der Waals surface area contributed by atoms with Crippen molar-refractivity contribution in [3.63, 3.8) is 0 Å². The summed E-state index contributed by atoms with van der Waals surface area (Å²) < 4.78 is 0. The van der Waals surface area contributed by atoms with Crippen molar-refractivity contribution in [2.45, 2.75) is 32.6 Å². The van der Waals surface area contributed by atoms with Crippen LogP contribution >= 0.6 is 0 Å². The first-order chi connectivity index (χ1) is 6.55. The Labute approximate surface area is 84.5 Å². The molecule has 0 aliphatic carbocycles. The molecule has 0 aromatic carbocycles. The maximum absolute atomic E-state index is 4.51. The summed E-state index contributed by atoms with van der Waals surface area (Å²) in [5.41, 5.74) is 0.0482. The van der Waals surface area contributed by atoms with Crippen LogP contribution in [0.25, 0.3) is 0 Å². The second-order valence-electron chi connectivity index (χ2n) is 5.08. The Morgan fingerprint density at radius 3 is 2.50 bits per heavy atom. The van der Waals surface area contributed by atoms with Gasteiger partial charge in [0.15, 0.2) is 5.82 Å². The summed E-state index contributed by atoms with van der Waals surface area (Å²) >= 11 is 0. The first-order valence-electron chi connectivity index (χ1n) is 5.18. The number of H-pyrrole nitrogens is 1. The molecule has 1 aliphatic rings. The lowest BCUT2D eigenvalue weighted by Crippen LogP contribution is -2.43. The molecule has 2 N–H and O–H groups in total. The SMILES string of the molecule is CC(C)(C)c1n[nH]c(CC2CNC2)n1. The topological polar surface area (TPSA) is 53.6 Å². The molecule has 4 heteroatoms. The Hall–Kier alpha value is -0.900. The monoisotopic (exact) mass is 194 g/mol. The van der Waals surface area contributed by atoms with E-state index < -0.39 is 0 Å². The van der Waals surface area contributed by atoms with Crippen LogP contribution in [0.1, 0.15) is 32.4 Å². The number of aromatic amines is 1. The number of aromatic nitrogens is 3. The van der Waals surface area contributed by atoms with E-state index in [9.17, 15) is 0 Å². The molecule has 1 saturated heterocycles. The van der Waals surface area contributed by atoms with Gasteiger partial charge in [0.25, 0.3) is 0 Å². The first kappa shape index (κ1) is 9.65. The van der Waals surface area contributed by atoms with Gasteiger partial charge in [0, 0.05) is 11.8 Å². The van der Waals surface area contributed by atoms with Gasteiger partial charge in [-0.1, -0.05) is 20.8 Å². The average molecular weight is 194 g/mol. The van der Waals surface area contributed by atoms with Crippen molar-refractivity contribution in [2.24, 2.45) is 5.92 Å². The molecule has 0 saturated carbocycles. The molecule has 0 amide bonds. The summed E-state index contributed by atoms with van der Waals surface area (Å²) in [6.45, 7) is 8.62. The Kier molecular flexibility index (Phi) is 2.31. The Morgan fingerprint density at radius 2 is 2.07 bits per heavy atom. The molecule has 0 bridgehead atoms. The number of rotatable bonds is 2. The smallest absolute Gasteiger partial charge is 0.155 e. The lowest BCUT2D eigenvalue weighted by Gasteiger charge is -2.25. The minimum atomic E-state index is 0.0482. The minimum Gasteiger partial charge on any atom is -0.316 e. The lowest BCUT2D eigenvalue weighted by molar-refractivity contribution is 0.341. The van der Waals surface area contributed by atoms with Gasteiger partial charge in [-0.2, -0.15) is 5.10 Å². The van der Waals surface area contributed by atoms with E-state index in [1.807, 2.05) is 0 Å². The number of nitrogens with one attached hydrogen (secondary N) is 2. The summed E-state index contributed by atoms with van der Waals surface area (Å²) in [5.74, 6) is 2.69. The molecule has 4 nitrogen and oxygen atoms in total. The third-order valence-corrected chi connectivity index (χ3v) is 2.55. The number of hydrogen-bond acceptors (Lipinski definition) is 3. The highest BCUT2D eigenvalue weighted by atomic mass is 15.2. The van der Waals surface area contributed by atoms with E-state index in [1.165, 1.54) is 0 Å². The van der Waals surface area contributed by atoms with Crippen molar-refractivity contribution in [1.29, 1.82) is 0 Å². The second kappa shape index (κ2) is 3.35. The Balaban J connectivity index is 2.02. The van der Waals surface area contributed by atoms with Crippen LogP contribution in [0.4, 0.5) is 0 Å². The fourth-order valence-corrected chi connectivity index (χ4v) is 1.49. The van der Waals surface area contributed by atoms with Gasteiger partial charge >= 0.3 is 0 Å². The highest BCUT2D eigenvalue weighted by molar-refractivity contribution is 5.03. The highest BCUT2D eigenvalue weighted by Gasteiger charge is 2.22. The Morgan fingerprint density at radius 1 is 1.36 bits per heavy atom. The van der Waals surface area contributed by atoms with Crippen LogP contribution in [0.5, 0.6) is 0 Å². The molecule has 14 heavy (non-hydrogen) atoms. The quantitative estimate of drug-likeness (QED) is 0.734. The zero-order valence-electron chi connectivity index (χ0n) is 9.09. The zero-order valence-corrected chi connectivity index (χ0v) is 9.09. The molecule has 1 fully saturated rings. The van der Waals surface area contributed by atoms with Crippen molar-refractivity contribution in [1.82, 2.24) is 20.5 Å². The van der Waals surface area contributed by atoms with Crippen LogP contribution in [0.15, 0.2) is 0 Å². The van der Waals surface area contributed by atoms with Gasteiger partial charge in [-0.05, 0) is 19.0 Å². The van der Waals surface area contributed by atoms with Crippen LogP contribution in [-0.4, -0.2) is 28.3 Å². The van der Waals surface area contributed by atoms with Gasteiger partial charge in [0.05, 0.1) is 0 Å². The van der Waals surface area contributed by atoms with E-state index in [2.05, 4.69) is 41.3 Å². The van der Waals surface area contributed by atoms with E-state index >= 15 is 0 Å². The van der Waals surface area contributed by atoms with E-state index in [4.69, 9.17) is 0 Å². The molecule has 78 valence electrons. The number of nitrogens with zero attached hydrogens (tertiary/aromatic N) is 2. The number of hydrogen-bond donors (Lipinski definition) is 2. The first-order valence-corrected chi connectivity index (χ1v) is 5.18. The van der Waals surface area contributed by atoms with Crippen molar-refractivity contribution in [3.05, 3.63) is 11.6 Å². The van der Waals surface area contributed by atoms with Gasteiger partial charge in [-0.15, -0.1) is 0 Å². The summed E-state index contributed by atoms with van der Waals surface area (Å²) in [6, 6.07) is 0. The van der Waals surface area contributed by atoms with Crippen LogP contribution in [0.3, 0.4) is 0 Å². The molecule has 1 aliphatic heterocycles. The van der Waals surface area contributed by atoms with Crippen LogP contribution in [-0.2, 0) is 11.8 Å². The molecule has 0 radical (unpaired) electrons. The van der Waals surface area contributed by atoms with Crippen LogP contribution in [0.2, 0.25) is 0 Å². The Bertz CT molecular complexity index is 306. The molecule has 0 atom stereocenters. The van der Waals surface area contributed by atoms with Crippen LogP contribution in [0, 0.1) is 5.92 Å². The molecule has 1 aromatic heterocycles. The summed E-state index contributed by atoms with van der Waals surface area (Å²) in [5, 5.41) is 10.5. The third-order valence-electron chi connectivity index (χ3n) is 2.55. The van der Waals surface area contributed by atoms with Crippen molar-refractivity contribution < 1.29 is 0 Å². The average Bonchev–Trinajstić information content (AvgIpc) is 2.43. The predicted octanol–water partition coefficient (Wildman–Crippen LogP) is 0.864. The van der Waals surface area contributed by atoms with E-state index in [0.29, 0.717) is 0 Å². The van der Waals surface area contributed by atoms with E-state index in [-0.39, 0.29) is 5.41 Å². The zero-order chi connectivity index (χ0) is 10.2. The molecular weight excluding hydrogens is 176 g/mol. The van der Waals surface area contributed by atoms with Crippen LogP contribution < -0.4 is 5.32 Å². The molecule has 2 heterocycles. The third kappa shape index (κ3) is 1.95. The second-order valence-corrected chi connectivity index (χ2v) is 5.08. The summed E-state index contributed by atoms with van der Waals surface area (Å²) in [7, 11) is 0. The maximum atomic E-state index is 4.51. The highest BCUT2D eigenvalue weighted by Crippen LogP contribution is 2.18. The molecular formula is C10H18N4. The fraction of sp³-hybridized carbons (Fsp3) is 0.800. The van der Waals surface area contributed by atoms with Crippen molar-refractivity contribution in [3.8, 4) is 0 Å². The summed E-state index contributed by atoms with van der Waals surface area (Å²) in [4.78, 5) is 4.51. The van der Waals surface area contributed by atoms with Gasteiger partial charge < -0.3 is 5.32 Å². The van der Waals surface area contributed by atoms with Gasteiger partial charge in [0.2, 0.25) is 0 Å². The molecule has 1 aromatic rings. The standard InChI is InChI=1S/C10H18N4/c1-10(2,3)9-12-8(13-14-9)4-7-5-11-6-7/h7,11H,4-6H2,1-3H3,(H,12,13,14). The molecule has 2 rings (SSSR count). The van der Waals surface area contributed by atoms with Gasteiger partial charge in [-0.3, -0.25) is 5.10 Å². The largest absolute Gasteiger partial charge is 0.316 e.